The Kier molecular flexibility index (Phi) is 7.32. The summed E-state index contributed by atoms with van der Waals surface area (Å²) in [5.41, 5.74) is 3.39. The molecule has 1 aliphatic rings. The van der Waals surface area contributed by atoms with Gasteiger partial charge in [0, 0.05) is 18.7 Å². The van der Waals surface area contributed by atoms with Gasteiger partial charge in [0.1, 0.15) is 23.8 Å². The van der Waals surface area contributed by atoms with Crippen molar-refractivity contribution in [2.45, 2.75) is 19.9 Å². The number of ether oxygens (including phenoxy) is 2. The SMILES string of the molecule is CB(O)N1CCC(COc2ccc(OCc3cccc(NC(=O)c4cc5sccc5n4C)c3)cc2)C1. The molecule has 5 rings (SSSR count). The molecule has 1 aliphatic heterocycles. The minimum atomic E-state index is -0.399. The maximum Gasteiger partial charge on any atom is 0.376 e. The highest BCUT2D eigenvalue weighted by Crippen LogP contribution is 2.25. The number of rotatable bonds is 9. The Hall–Kier alpha value is -3.27. The van der Waals surface area contributed by atoms with Crippen LogP contribution in [0.3, 0.4) is 0 Å². The summed E-state index contributed by atoms with van der Waals surface area (Å²) < 4.78 is 14.9. The van der Waals surface area contributed by atoms with Gasteiger partial charge < -0.3 is 29.2 Å². The van der Waals surface area contributed by atoms with Crippen molar-refractivity contribution in [3.8, 4) is 11.5 Å². The zero-order valence-corrected chi connectivity index (χ0v) is 21.3. The predicted octanol–water partition coefficient (Wildman–Crippen LogP) is 4.88. The van der Waals surface area contributed by atoms with Crippen LogP contribution in [0.15, 0.2) is 66.0 Å². The number of thiophene rings is 1. The Morgan fingerprint density at radius 1 is 1.14 bits per heavy atom. The van der Waals surface area contributed by atoms with Gasteiger partial charge in [-0.25, -0.2) is 0 Å². The topological polar surface area (TPSA) is 76.0 Å². The molecule has 0 bridgehead atoms. The fourth-order valence-corrected chi connectivity index (χ4v) is 5.40. The van der Waals surface area contributed by atoms with Crippen LogP contribution in [0.4, 0.5) is 5.69 Å². The molecule has 3 heterocycles. The largest absolute Gasteiger partial charge is 0.493 e. The van der Waals surface area contributed by atoms with Crippen LogP contribution in [0.25, 0.3) is 10.2 Å². The van der Waals surface area contributed by atoms with Gasteiger partial charge in [0.25, 0.3) is 5.91 Å². The number of nitrogens with one attached hydrogen (secondary N) is 1. The summed E-state index contributed by atoms with van der Waals surface area (Å²) in [6.07, 6.45) is 1.04. The van der Waals surface area contributed by atoms with Gasteiger partial charge in [0.2, 0.25) is 0 Å². The second-order valence-corrected chi connectivity index (χ2v) is 10.2. The summed E-state index contributed by atoms with van der Waals surface area (Å²) in [5.74, 6) is 1.86. The predicted molar refractivity (Wildman–Crippen MR) is 145 cm³/mol. The highest BCUT2D eigenvalue weighted by Gasteiger charge is 2.27. The molecule has 0 radical (unpaired) electrons. The molecule has 7 nitrogen and oxygen atoms in total. The van der Waals surface area contributed by atoms with Gasteiger partial charge in [-0.15, -0.1) is 11.3 Å². The number of benzene rings is 2. The molecule has 9 heteroatoms. The number of carbonyl (C=O) groups excluding carboxylic acids is 1. The van der Waals surface area contributed by atoms with Crippen molar-refractivity contribution in [3.63, 3.8) is 0 Å². The van der Waals surface area contributed by atoms with Crippen molar-refractivity contribution < 1.29 is 19.3 Å². The number of nitrogens with zero attached hydrogens (tertiary/aromatic N) is 2. The zero-order valence-electron chi connectivity index (χ0n) is 20.5. The van der Waals surface area contributed by atoms with E-state index in [0.717, 1.165) is 52.5 Å². The maximum atomic E-state index is 12.8. The number of aromatic nitrogens is 1. The Balaban J connectivity index is 1.12. The highest BCUT2D eigenvalue weighted by molar-refractivity contribution is 7.17. The fraction of sp³-hybridized carbons (Fsp3) is 0.296. The van der Waals surface area contributed by atoms with Crippen molar-refractivity contribution in [1.82, 2.24) is 9.38 Å². The van der Waals surface area contributed by atoms with Gasteiger partial charge in [-0.2, -0.15) is 0 Å². The maximum absolute atomic E-state index is 12.8. The van der Waals surface area contributed by atoms with E-state index in [2.05, 4.69) is 10.1 Å². The summed E-state index contributed by atoms with van der Waals surface area (Å²) in [6, 6.07) is 19.3. The van der Waals surface area contributed by atoms with E-state index in [-0.39, 0.29) is 5.91 Å². The smallest absolute Gasteiger partial charge is 0.376 e. The van der Waals surface area contributed by atoms with Gasteiger partial charge in [0.05, 0.1) is 16.8 Å². The molecule has 4 aromatic rings. The Labute approximate surface area is 215 Å². The average Bonchev–Trinajstić information content (AvgIpc) is 3.61. The molecule has 1 unspecified atom stereocenters. The molecule has 36 heavy (non-hydrogen) atoms. The molecule has 1 fully saturated rings. The molecule has 1 amide bonds. The number of fused-ring (bicyclic) bond motifs is 1. The standard InChI is InChI=1S/C27H30BN3O4S/c1-28(33)31-12-10-20(16-31)18-35-23-8-6-22(7-9-23)34-17-19-4-3-5-21(14-19)29-27(32)25-15-26-24(30(25)2)11-13-36-26/h3-9,11,13-15,20,33H,10,12,16-18H2,1-2H3,(H,29,32). The monoisotopic (exact) mass is 503 g/mol. The van der Waals surface area contributed by atoms with E-state index in [0.29, 0.717) is 24.8 Å². The number of hydrogen-bond donors (Lipinski definition) is 2. The molecule has 0 saturated carbocycles. The first kappa shape index (κ1) is 24.4. The van der Waals surface area contributed by atoms with Crippen LogP contribution in [0.2, 0.25) is 6.82 Å². The normalized spacial score (nSPS) is 15.8. The summed E-state index contributed by atoms with van der Waals surface area (Å²) in [4.78, 5) is 14.9. The van der Waals surface area contributed by atoms with Crippen molar-refractivity contribution >= 4 is 40.2 Å². The molecule has 1 saturated heterocycles. The van der Waals surface area contributed by atoms with Crippen LogP contribution in [0, 0.1) is 5.92 Å². The van der Waals surface area contributed by atoms with Crippen molar-refractivity contribution in [3.05, 3.63) is 77.3 Å². The molecule has 2 N–H and O–H groups in total. The Bertz CT molecular complexity index is 1330. The van der Waals surface area contributed by atoms with Gasteiger partial charge in [-0.1, -0.05) is 12.1 Å². The van der Waals surface area contributed by atoms with Crippen LogP contribution >= 0.6 is 11.3 Å². The Morgan fingerprint density at radius 2 is 1.92 bits per heavy atom. The Morgan fingerprint density at radius 3 is 2.64 bits per heavy atom. The van der Waals surface area contributed by atoms with E-state index in [4.69, 9.17) is 9.47 Å². The lowest BCUT2D eigenvalue weighted by Gasteiger charge is -2.16. The zero-order chi connectivity index (χ0) is 25.1. The van der Waals surface area contributed by atoms with Crippen LogP contribution in [-0.2, 0) is 13.7 Å². The number of anilines is 1. The lowest BCUT2D eigenvalue weighted by Crippen LogP contribution is -2.35. The third-order valence-electron chi connectivity index (χ3n) is 6.64. The van der Waals surface area contributed by atoms with Gasteiger partial charge in [-0.3, -0.25) is 4.79 Å². The summed E-state index contributed by atoms with van der Waals surface area (Å²) in [7, 11) is 1.51. The second kappa shape index (κ2) is 10.8. The fourth-order valence-electron chi connectivity index (χ4n) is 4.55. The summed E-state index contributed by atoms with van der Waals surface area (Å²) >= 11 is 1.63. The first-order valence-electron chi connectivity index (χ1n) is 12.2. The van der Waals surface area contributed by atoms with Gasteiger partial charge in [0.15, 0.2) is 0 Å². The van der Waals surface area contributed by atoms with Crippen molar-refractivity contribution in [2.24, 2.45) is 13.0 Å². The van der Waals surface area contributed by atoms with E-state index < -0.39 is 7.05 Å². The molecule has 1 atom stereocenters. The summed E-state index contributed by atoms with van der Waals surface area (Å²) in [6.45, 7) is 4.61. The quantitative estimate of drug-likeness (QED) is 0.319. The first-order chi connectivity index (χ1) is 17.5. The molecule has 186 valence electrons. The first-order valence-corrected chi connectivity index (χ1v) is 13.1. The number of carbonyl (C=O) groups is 1. The molecular formula is C27H30BN3O4S. The third kappa shape index (κ3) is 5.59. The summed E-state index contributed by atoms with van der Waals surface area (Å²) in [5, 5.41) is 14.7. The molecule has 0 spiro atoms. The van der Waals surface area contributed by atoms with Crippen LogP contribution in [0.5, 0.6) is 11.5 Å². The van der Waals surface area contributed by atoms with Crippen LogP contribution in [0.1, 0.15) is 22.5 Å². The van der Waals surface area contributed by atoms with Crippen molar-refractivity contribution in [2.75, 3.05) is 25.0 Å². The van der Waals surface area contributed by atoms with Gasteiger partial charge >= 0.3 is 7.05 Å². The lowest BCUT2D eigenvalue weighted by molar-refractivity contribution is 0.101. The number of amides is 1. The number of hydrogen-bond acceptors (Lipinski definition) is 6. The van der Waals surface area contributed by atoms with Crippen molar-refractivity contribution in [1.29, 1.82) is 0 Å². The molecular weight excluding hydrogens is 473 g/mol. The lowest BCUT2D eigenvalue weighted by atomic mass is 9.86. The van der Waals surface area contributed by atoms with E-state index in [9.17, 15) is 9.82 Å². The van der Waals surface area contributed by atoms with E-state index >= 15 is 0 Å². The molecule has 0 aliphatic carbocycles. The van der Waals surface area contributed by atoms with E-state index in [1.165, 1.54) is 0 Å². The molecule has 2 aromatic heterocycles. The van der Waals surface area contributed by atoms with E-state index in [1.807, 2.05) is 77.7 Å². The van der Waals surface area contributed by atoms with Gasteiger partial charge in [-0.05, 0) is 85.8 Å². The minimum Gasteiger partial charge on any atom is -0.493 e. The number of aryl methyl sites for hydroxylation is 1. The van der Waals surface area contributed by atoms with Crippen LogP contribution in [-0.4, -0.2) is 47.1 Å². The third-order valence-corrected chi connectivity index (χ3v) is 7.50. The molecule has 2 aromatic carbocycles. The van der Waals surface area contributed by atoms with E-state index in [1.54, 1.807) is 18.2 Å². The van der Waals surface area contributed by atoms with Crippen LogP contribution < -0.4 is 14.8 Å². The average molecular weight is 503 g/mol. The highest BCUT2D eigenvalue weighted by atomic mass is 32.1. The second-order valence-electron chi connectivity index (χ2n) is 9.27. The minimum absolute atomic E-state index is 0.134.